The van der Waals surface area contributed by atoms with Gasteiger partial charge in [-0.25, -0.2) is 0 Å². The highest BCUT2D eigenvalue weighted by atomic mass is 35.5. The van der Waals surface area contributed by atoms with Crippen molar-refractivity contribution in [2.45, 2.75) is 27.4 Å². The Morgan fingerprint density at radius 2 is 1.69 bits per heavy atom. The molecule has 0 fully saturated rings. The van der Waals surface area contributed by atoms with Gasteiger partial charge < -0.3 is 14.8 Å². The van der Waals surface area contributed by atoms with Gasteiger partial charge in [0.15, 0.2) is 0 Å². The molecule has 0 heterocycles. The molecule has 0 radical (unpaired) electrons. The summed E-state index contributed by atoms with van der Waals surface area (Å²) >= 11 is 6.07. The second-order valence-corrected chi connectivity index (χ2v) is 7.35. The van der Waals surface area contributed by atoms with Crippen LogP contribution in [0.1, 0.15) is 32.6 Å². The number of aryl methyl sites for hydroxylation is 3. The number of nitrogens with one attached hydrogen (secondary N) is 1. The highest BCUT2D eigenvalue weighted by molar-refractivity contribution is 6.31. The molecule has 1 N–H and O–H groups in total. The van der Waals surface area contributed by atoms with Crippen LogP contribution in [0.5, 0.6) is 11.5 Å². The molecule has 1 amide bonds. The standard InChI is InChI=1S/C24H24ClNO3/c1-15-6-5-7-16(2)23(15)26-24(27)18-8-11-22(28-4)19(13-18)14-29-20-9-10-21(25)17(3)12-20/h5-13H,14H2,1-4H3,(H,26,27). The lowest BCUT2D eigenvalue weighted by atomic mass is 10.1. The summed E-state index contributed by atoms with van der Waals surface area (Å²) in [6, 6.07) is 16.8. The predicted octanol–water partition coefficient (Wildman–Crippen LogP) is 6.11. The molecule has 150 valence electrons. The molecule has 29 heavy (non-hydrogen) atoms. The molecule has 0 aliphatic carbocycles. The molecule has 0 aliphatic heterocycles. The lowest BCUT2D eigenvalue weighted by molar-refractivity contribution is 0.102. The second-order valence-electron chi connectivity index (χ2n) is 6.95. The van der Waals surface area contributed by atoms with Crippen LogP contribution in [0.4, 0.5) is 5.69 Å². The van der Waals surface area contributed by atoms with Gasteiger partial charge in [-0.05, 0) is 73.9 Å². The molecule has 0 aromatic heterocycles. The Morgan fingerprint density at radius 1 is 0.966 bits per heavy atom. The molecular weight excluding hydrogens is 386 g/mol. The molecule has 0 saturated heterocycles. The molecule has 0 bridgehead atoms. The van der Waals surface area contributed by atoms with Gasteiger partial charge in [0.25, 0.3) is 5.91 Å². The first-order valence-electron chi connectivity index (χ1n) is 9.32. The number of carbonyl (C=O) groups excluding carboxylic acids is 1. The fourth-order valence-electron chi connectivity index (χ4n) is 3.10. The van der Waals surface area contributed by atoms with Crippen molar-refractivity contribution >= 4 is 23.2 Å². The summed E-state index contributed by atoms with van der Waals surface area (Å²) in [4.78, 5) is 12.8. The van der Waals surface area contributed by atoms with Crippen molar-refractivity contribution in [2.75, 3.05) is 12.4 Å². The summed E-state index contributed by atoms with van der Waals surface area (Å²) < 4.78 is 11.3. The third-order valence-electron chi connectivity index (χ3n) is 4.79. The topological polar surface area (TPSA) is 47.6 Å². The number of hydrogen-bond acceptors (Lipinski definition) is 3. The van der Waals surface area contributed by atoms with E-state index in [1.807, 2.05) is 51.1 Å². The highest BCUT2D eigenvalue weighted by Crippen LogP contribution is 2.26. The van der Waals surface area contributed by atoms with Crippen LogP contribution in [-0.4, -0.2) is 13.0 Å². The number of rotatable bonds is 6. The third-order valence-corrected chi connectivity index (χ3v) is 5.21. The van der Waals surface area contributed by atoms with Gasteiger partial charge in [-0.1, -0.05) is 29.8 Å². The second kappa shape index (κ2) is 9.01. The van der Waals surface area contributed by atoms with E-state index in [1.54, 1.807) is 31.4 Å². The Kier molecular flexibility index (Phi) is 6.45. The van der Waals surface area contributed by atoms with E-state index >= 15 is 0 Å². The molecule has 0 unspecified atom stereocenters. The van der Waals surface area contributed by atoms with Crippen molar-refractivity contribution in [3.05, 3.63) is 87.4 Å². The Labute approximate surface area is 176 Å². The number of carbonyl (C=O) groups is 1. The maximum atomic E-state index is 12.8. The number of methoxy groups -OCH3 is 1. The van der Waals surface area contributed by atoms with E-state index in [4.69, 9.17) is 21.1 Å². The van der Waals surface area contributed by atoms with Gasteiger partial charge in [-0.15, -0.1) is 0 Å². The van der Waals surface area contributed by atoms with Crippen molar-refractivity contribution in [1.29, 1.82) is 0 Å². The van der Waals surface area contributed by atoms with Crippen LogP contribution in [0.25, 0.3) is 0 Å². The van der Waals surface area contributed by atoms with Gasteiger partial charge in [0, 0.05) is 21.8 Å². The number of amides is 1. The molecule has 0 aliphatic rings. The molecule has 5 heteroatoms. The van der Waals surface area contributed by atoms with Crippen molar-refractivity contribution in [1.82, 2.24) is 0 Å². The molecule has 3 rings (SSSR count). The number of ether oxygens (including phenoxy) is 2. The first-order chi connectivity index (χ1) is 13.9. The lowest BCUT2D eigenvalue weighted by Crippen LogP contribution is -2.14. The average molecular weight is 410 g/mol. The van der Waals surface area contributed by atoms with E-state index in [0.29, 0.717) is 22.1 Å². The molecule has 3 aromatic carbocycles. The Hall–Kier alpha value is -2.98. The quantitative estimate of drug-likeness (QED) is 0.534. The van der Waals surface area contributed by atoms with Crippen LogP contribution in [0.2, 0.25) is 5.02 Å². The van der Waals surface area contributed by atoms with E-state index in [9.17, 15) is 4.79 Å². The van der Waals surface area contributed by atoms with E-state index in [1.165, 1.54) is 0 Å². The Balaban J connectivity index is 1.80. The third kappa shape index (κ3) is 4.90. The molecule has 4 nitrogen and oxygen atoms in total. The minimum absolute atomic E-state index is 0.173. The van der Waals surface area contributed by atoms with E-state index in [2.05, 4.69) is 5.32 Å². The van der Waals surface area contributed by atoms with Crippen LogP contribution in [0, 0.1) is 20.8 Å². The minimum atomic E-state index is -0.173. The minimum Gasteiger partial charge on any atom is -0.496 e. The van der Waals surface area contributed by atoms with Crippen LogP contribution in [0.15, 0.2) is 54.6 Å². The number of halogens is 1. The summed E-state index contributed by atoms with van der Waals surface area (Å²) in [7, 11) is 1.60. The van der Waals surface area contributed by atoms with Gasteiger partial charge in [0.05, 0.1) is 7.11 Å². The van der Waals surface area contributed by atoms with E-state index in [0.717, 1.165) is 27.9 Å². The monoisotopic (exact) mass is 409 g/mol. The summed E-state index contributed by atoms with van der Waals surface area (Å²) in [5.74, 6) is 1.20. The fourth-order valence-corrected chi connectivity index (χ4v) is 3.22. The fraction of sp³-hybridized carbons (Fsp3) is 0.208. The van der Waals surface area contributed by atoms with Crippen molar-refractivity contribution < 1.29 is 14.3 Å². The first kappa shape index (κ1) is 20.7. The van der Waals surface area contributed by atoms with E-state index < -0.39 is 0 Å². The molecular formula is C24H24ClNO3. The largest absolute Gasteiger partial charge is 0.496 e. The number of hydrogen-bond donors (Lipinski definition) is 1. The zero-order chi connectivity index (χ0) is 21.0. The number of benzene rings is 3. The molecule has 0 atom stereocenters. The Bertz CT molecular complexity index is 1030. The summed E-state index contributed by atoms with van der Waals surface area (Å²) in [6.45, 7) is 6.15. The maximum absolute atomic E-state index is 12.8. The molecule has 0 saturated carbocycles. The summed E-state index contributed by atoms with van der Waals surface area (Å²) in [6.07, 6.45) is 0. The average Bonchev–Trinajstić information content (AvgIpc) is 2.71. The smallest absolute Gasteiger partial charge is 0.255 e. The number of para-hydroxylation sites is 1. The number of anilines is 1. The van der Waals surface area contributed by atoms with Crippen LogP contribution in [0.3, 0.4) is 0 Å². The van der Waals surface area contributed by atoms with E-state index in [-0.39, 0.29) is 12.5 Å². The van der Waals surface area contributed by atoms with Crippen molar-refractivity contribution in [3.63, 3.8) is 0 Å². The van der Waals surface area contributed by atoms with Crippen molar-refractivity contribution in [3.8, 4) is 11.5 Å². The predicted molar refractivity (Wildman–Crippen MR) is 117 cm³/mol. The zero-order valence-corrected chi connectivity index (χ0v) is 17.8. The molecule has 0 spiro atoms. The van der Waals surface area contributed by atoms with Crippen molar-refractivity contribution in [2.24, 2.45) is 0 Å². The van der Waals surface area contributed by atoms with Gasteiger partial charge in [0.2, 0.25) is 0 Å². The normalized spacial score (nSPS) is 10.5. The lowest BCUT2D eigenvalue weighted by Gasteiger charge is -2.14. The van der Waals surface area contributed by atoms with Gasteiger partial charge in [-0.2, -0.15) is 0 Å². The SMILES string of the molecule is COc1ccc(C(=O)Nc2c(C)cccc2C)cc1COc1ccc(Cl)c(C)c1. The van der Waals surface area contributed by atoms with Gasteiger partial charge in [0.1, 0.15) is 18.1 Å². The summed E-state index contributed by atoms with van der Waals surface area (Å²) in [5.41, 5.74) is 5.15. The summed E-state index contributed by atoms with van der Waals surface area (Å²) in [5, 5.41) is 3.71. The maximum Gasteiger partial charge on any atom is 0.255 e. The van der Waals surface area contributed by atoms with Crippen LogP contribution in [-0.2, 0) is 6.61 Å². The van der Waals surface area contributed by atoms with Gasteiger partial charge >= 0.3 is 0 Å². The van der Waals surface area contributed by atoms with Crippen LogP contribution < -0.4 is 14.8 Å². The van der Waals surface area contributed by atoms with Crippen LogP contribution >= 0.6 is 11.6 Å². The molecule has 3 aromatic rings. The Morgan fingerprint density at radius 3 is 2.34 bits per heavy atom. The first-order valence-corrected chi connectivity index (χ1v) is 9.70. The highest BCUT2D eigenvalue weighted by Gasteiger charge is 2.13. The zero-order valence-electron chi connectivity index (χ0n) is 17.0. The van der Waals surface area contributed by atoms with Gasteiger partial charge in [-0.3, -0.25) is 4.79 Å².